The minimum atomic E-state index is -1.04. The highest BCUT2D eigenvalue weighted by Gasteiger charge is 2.14. The molecule has 0 aromatic rings. The molecule has 2 atom stereocenters. The van der Waals surface area contributed by atoms with Gasteiger partial charge in [0.15, 0.2) is 0 Å². The van der Waals surface area contributed by atoms with Crippen LogP contribution in [0, 0.1) is 0 Å². The maximum absolute atomic E-state index is 11.4. The summed E-state index contributed by atoms with van der Waals surface area (Å²) in [5.74, 6) is -2.44. The van der Waals surface area contributed by atoms with E-state index >= 15 is 0 Å². The summed E-state index contributed by atoms with van der Waals surface area (Å²) in [6.45, 7) is 0.367. The molecule has 7 N–H and O–H groups in total. The van der Waals surface area contributed by atoms with Crippen molar-refractivity contribution in [2.24, 2.45) is 11.5 Å². The summed E-state index contributed by atoms with van der Waals surface area (Å²) in [6, 6.07) is -1.72. The van der Waals surface area contributed by atoms with E-state index in [0.717, 1.165) is 0 Å². The smallest absolute Gasteiger partial charge is 0.320 e. The molecule has 0 radical (unpaired) electrons. The number of carboxylic acid groups (broad SMARTS) is 2. The van der Waals surface area contributed by atoms with Crippen LogP contribution in [-0.4, -0.2) is 46.7 Å². The van der Waals surface area contributed by atoms with Crippen molar-refractivity contribution in [1.29, 1.82) is 0 Å². The Morgan fingerprint density at radius 3 is 2.16 bits per heavy atom. The van der Waals surface area contributed by atoms with Crippen molar-refractivity contribution in [3.05, 3.63) is 0 Å². The van der Waals surface area contributed by atoms with Crippen LogP contribution in [-0.2, 0) is 14.4 Å². The zero-order chi connectivity index (χ0) is 14.8. The van der Waals surface area contributed by atoms with Crippen LogP contribution in [0.15, 0.2) is 0 Å². The van der Waals surface area contributed by atoms with E-state index in [1.807, 2.05) is 0 Å². The van der Waals surface area contributed by atoms with Crippen LogP contribution >= 0.6 is 0 Å². The Morgan fingerprint density at radius 2 is 1.63 bits per heavy atom. The van der Waals surface area contributed by atoms with Gasteiger partial charge in [0, 0.05) is 13.0 Å². The third-order valence-corrected chi connectivity index (χ3v) is 2.56. The zero-order valence-corrected chi connectivity index (χ0v) is 10.7. The van der Waals surface area contributed by atoms with E-state index in [9.17, 15) is 14.4 Å². The van der Waals surface area contributed by atoms with E-state index in [1.165, 1.54) is 0 Å². The molecular formula is C11H21N3O5. The molecule has 0 spiro atoms. The van der Waals surface area contributed by atoms with Crippen molar-refractivity contribution >= 4 is 17.8 Å². The SMILES string of the molecule is NC(CCC(=O)O)C(=O)NCCCC[C@H](N)C(=O)O. The Morgan fingerprint density at radius 1 is 1.00 bits per heavy atom. The van der Waals surface area contributed by atoms with Gasteiger partial charge < -0.3 is 27.0 Å². The van der Waals surface area contributed by atoms with Gasteiger partial charge in [-0.3, -0.25) is 14.4 Å². The van der Waals surface area contributed by atoms with E-state index in [1.54, 1.807) is 0 Å². The number of rotatable bonds is 10. The number of aliphatic carboxylic acids is 2. The van der Waals surface area contributed by atoms with Crippen LogP contribution in [0.3, 0.4) is 0 Å². The molecule has 0 aromatic heterocycles. The lowest BCUT2D eigenvalue weighted by Gasteiger charge is -2.11. The lowest BCUT2D eigenvalue weighted by atomic mass is 10.1. The van der Waals surface area contributed by atoms with Crippen molar-refractivity contribution in [3.8, 4) is 0 Å². The summed E-state index contributed by atoms with van der Waals surface area (Å²) in [6.07, 6.45) is 1.46. The lowest BCUT2D eigenvalue weighted by Crippen LogP contribution is -2.41. The first-order chi connectivity index (χ1) is 8.84. The molecule has 8 heteroatoms. The summed E-state index contributed by atoms with van der Waals surface area (Å²) >= 11 is 0. The second-order valence-corrected chi connectivity index (χ2v) is 4.27. The van der Waals surface area contributed by atoms with Gasteiger partial charge in [-0.1, -0.05) is 0 Å². The van der Waals surface area contributed by atoms with Gasteiger partial charge in [-0.05, 0) is 25.7 Å². The molecule has 0 rings (SSSR count). The first-order valence-corrected chi connectivity index (χ1v) is 6.08. The molecule has 0 heterocycles. The standard InChI is InChI=1S/C11H21N3O5/c12-7(4-5-9(15)16)10(17)14-6-2-1-3-8(13)11(18)19/h7-8H,1-6,12-13H2,(H,14,17)(H,15,16)(H,18,19)/t7?,8-/m0/s1. The van der Waals surface area contributed by atoms with E-state index in [-0.39, 0.29) is 12.8 Å². The van der Waals surface area contributed by atoms with E-state index < -0.39 is 29.9 Å². The highest BCUT2D eigenvalue weighted by atomic mass is 16.4. The van der Waals surface area contributed by atoms with Gasteiger partial charge in [-0.2, -0.15) is 0 Å². The largest absolute Gasteiger partial charge is 0.481 e. The first kappa shape index (κ1) is 17.3. The average Bonchev–Trinajstić information content (AvgIpc) is 2.34. The van der Waals surface area contributed by atoms with Crippen molar-refractivity contribution in [1.82, 2.24) is 5.32 Å². The molecule has 110 valence electrons. The van der Waals surface area contributed by atoms with Gasteiger partial charge in [0.05, 0.1) is 6.04 Å². The maximum atomic E-state index is 11.4. The predicted octanol–water partition coefficient (Wildman–Crippen LogP) is -1.12. The Labute approximate surface area is 111 Å². The molecule has 0 aliphatic carbocycles. The van der Waals surface area contributed by atoms with Gasteiger partial charge in [-0.15, -0.1) is 0 Å². The lowest BCUT2D eigenvalue weighted by molar-refractivity contribution is -0.139. The Kier molecular flexibility index (Phi) is 8.47. The summed E-state index contributed by atoms with van der Waals surface area (Å²) in [5, 5.41) is 19.5. The maximum Gasteiger partial charge on any atom is 0.320 e. The average molecular weight is 275 g/mol. The number of unbranched alkanes of at least 4 members (excludes halogenated alkanes) is 1. The predicted molar refractivity (Wildman–Crippen MR) is 67.3 cm³/mol. The molecule has 8 nitrogen and oxygen atoms in total. The van der Waals surface area contributed by atoms with Gasteiger partial charge >= 0.3 is 11.9 Å². The minimum Gasteiger partial charge on any atom is -0.481 e. The number of nitrogens with two attached hydrogens (primary N) is 2. The molecule has 0 saturated carbocycles. The summed E-state index contributed by atoms with van der Waals surface area (Å²) < 4.78 is 0. The molecule has 1 unspecified atom stereocenters. The minimum absolute atomic E-state index is 0.0883. The number of carboxylic acids is 2. The number of carbonyl (C=O) groups excluding carboxylic acids is 1. The fraction of sp³-hybridized carbons (Fsp3) is 0.727. The fourth-order valence-electron chi connectivity index (χ4n) is 1.37. The van der Waals surface area contributed by atoms with Crippen LogP contribution in [0.4, 0.5) is 0 Å². The van der Waals surface area contributed by atoms with Crippen LogP contribution in [0.25, 0.3) is 0 Å². The number of carbonyl (C=O) groups is 3. The number of nitrogens with one attached hydrogen (secondary N) is 1. The molecule has 0 bridgehead atoms. The zero-order valence-electron chi connectivity index (χ0n) is 10.7. The number of hydrogen-bond acceptors (Lipinski definition) is 5. The van der Waals surface area contributed by atoms with Crippen molar-refractivity contribution < 1.29 is 24.6 Å². The molecule has 0 saturated heterocycles. The second kappa shape index (κ2) is 9.29. The van der Waals surface area contributed by atoms with Crippen molar-refractivity contribution in [2.75, 3.05) is 6.54 Å². The van der Waals surface area contributed by atoms with E-state index in [2.05, 4.69) is 5.32 Å². The van der Waals surface area contributed by atoms with E-state index in [0.29, 0.717) is 25.8 Å². The fourth-order valence-corrected chi connectivity index (χ4v) is 1.37. The van der Waals surface area contributed by atoms with Gasteiger partial charge in [0.2, 0.25) is 5.91 Å². The molecule has 0 aromatic carbocycles. The van der Waals surface area contributed by atoms with Crippen LogP contribution < -0.4 is 16.8 Å². The highest BCUT2D eigenvalue weighted by Crippen LogP contribution is 1.99. The first-order valence-electron chi connectivity index (χ1n) is 6.08. The quantitative estimate of drug-likeness (QED) is 0.316. The topological polar surface area (TPSA) is 156 Å². The van der Waals surface area contributed by atoms with Gasteiger partial charge in [0.1, 0.15) is 6.04 Å². The van der Waals surface area contributed by atoms with Crippen LogP contribution in [0.1, 0.15) is 32.1 Å². The number of hydrogen-bond donors (Lipinski definition) is 5. The molecule has 0 aliphatic rings. The summed E-state index contributed by atoms with van der Waals surface area (Å²) in [5.41, 5.74) is 10.8. The number of amides is 1. The van der Waals surface area contributed by atoms with Crippen molar-refractivity contribution in [2.45, 2.75) is 44.2 Å². The van der Waals surface area contributed by atoms with Crippen LogP contribution in [0.5, 0.6) is 0 Å². The Balaban J connectivity index is 3.63. The molecular weight excluding hydrogens is 254 g/mol. The molecule has 19 heavy (non-hydrogen) atoms. The molecule has 1 amide bonds. The summed E-state index contributed by atoms with van der Waals surface area (Å²) in [4.78, 5) is 32.1. The molecule has 0 aliphatic heterocycles. The van der Waals surface area contributed by atoms with Crippen LogP contribution in [0.2, 0.25) is 0 Å². The third kappa shape index (κ3) is 8.97. The second-order valence-electron chi connectivity index (χ2n) is 4.27. The Bertz CT molecular complexity index is 321. The van der Waals surface area contributed by atoms with Crippen molar-refractivity contribution in [3.63, 3.8) is 0 Å². The Hall–Kier alpha value is -1.67. The summed E-state index contributed by atoms with van der Waals surface area (Å²) in [7, 11) is 0. The normalized spacial score (nSPS) is 13.6. The third-order valence-electron chi connectivity index (χ3n) is 2.56. The molecule has 0 fully saturated rings. The highest BCUT2D eigenvalue weighted by molar-refractivity contribution is 5.82. The van der Waals surface area contributed by atoms with Gasteiger partial charge in [-0.25, -0.2) is 0 Å². The monoisotopic (exact) mass is 275 g/mol. The van der Waals surface area contributed by atoms with Gasteiger partial charge in [0.25, 0.3) is 0 Å². The van der Waals surface area contributed by atoms with E-state index in [4.69, 9.17) is 21.7 Å².